The second kappa shape index (κ2) is 5.96. The molecular formula is C12H17NO2. The van der Waals surface area contributed by atoms with Crippen molar-refractivity contribution in [3.8, 4) is 11.5 Å². The van der Waals surface area contributed by atoms with Gasteiger partial charge in [0, 0.05) is 6.54 Å². The maximum absolute atomic E-state index is 5.24. The zero-order valence-corrected chi connectivity index (χ0v) is 9.25. The molecule has 0 saturated carbocycles. The van der Waals surface area contributed by atoms with Crippen molar-refractivity contribution in [3.63, 3.8) is 0 Å². The van der Waals surface area contributed by atoms with Gasteiger partial charge < -0.3 is 14.8 Å². The molecule has 0 fully saturated rings. The van der Waals surface area contributed by atoms with Crippen LogP contribution >= 0.6 is 0 Å². The maximum atomic E-state index is 5.24. The Morgan fingerprint density at radius 2 is 2.07 bits per heavy atom. The maximum Gasteiger partial charge on any atom is 0.231 e. The number of nitrogens with one attached hydrogen (secondary N) is 1. The minimum Gasteiger partial charge on any atom is -0.454 e. The van der Waals surface area contributed by atoms with E-state index in [1.165, 1.54) is 0 Å². The van der Waals surface area contributed by atoms with Crippen LogP contribution in [0.15, 0.2) is 31.0 Å². The Labute approximate surface area is 90.7 Å². The molecule has 0 amide bonds. The van der Waals surface area contributed by atoms with Crippen molar-refractivity contribution in [1.82, 2.24) is 5.32 Å². The molecule has 2 rings (SSSR count). The summed E-state index contributed by atoms with van der Waals surface area (Å²) in [6, 6.07) is 5.89. The lowest BCUT2D eigenvalue weighted by Crippen LogP contribution is -2.02. The van der Waals surface area contributed by atoms with Gasteiger partial charge in [0.2, 0.25) is 6.79 Å². The highest BCUT2D eigenvalue weighted by molar-refractivity contribution is 5.44. The summed E-state index contributed by atoms with van der Waals surface area (Å²) in [5.41, 5.74) is 1.16. The van der Waals surface area contributed by atoms with Crippen molar-refractivity contribution in [3.05, 3.63) is 36.5 Å². The first kappa shape index (κ1) is 11.4. The molecule has 1 aliphatic heterocycles. The quantitative estimate of drug-likeness (QED) is 0.826. The average Bonchev–Trinajstić information content (AvgIpc) is 2.76. The van der Waals surface area contributed by atoms with Crippen LogP contribution in [0.2, 0.25) is 0 Å². The lowest BCUT2D eigenvalue weighted by atomic mass is 10.2. The van der Waals surface area contributed by atoms with E-state index in [-0.39, 0.29) is 0 Å². The van der Waals surface area contributed by atoms with Crippen LogP contribution in [0.5, 0.6) is 11.5 Å². The molecule has 3 nitrogen and oxygen atoms in total. The topological polar surface area (TPSA) is 30.5 Å². The zero-order chi connectivity index (χ0) is 11.1. The van der Waals surface area contributed by atoms with E-state index in [0.717, 1.165) is 23.6 Å². The van der Waals surface area contributed by atoms with Gasteiger partial charge >= 0.3 is 0 Å². The van der Waals surface area contributed by atoms with Crippen LogP contribution < -0.4 is 14.8 Å². The van der Waals surface area contributed by atoms with E-state index in [1.807, 2.05) is 32.0 Å². The third-order valence-corrected chi connectivity index (χ3v) is 1.89. The van der Waals surface area contributed by atoms with Gasteiger partial charge in [-0.2, -0.15) is 0 Å². The number of fused-ring (bicyclic) bond motifs is 1. The van der Waals surface area contributed by atoms with Crippen LogP contribution in [0.4, 0.5) is 0 Å². The average molecular weight is 207 g/mol. The van der Waals surface area contributed by atoms with Crippen LogP contribution in [-0.2, 0) is 6.54 Å². The molecule has 0 radical (unpaired) electrons. The minimum atomic E-state index is 0.327. The molecule has 0 saturated heterocycles. The summed E-state index contributed by atoms with van der Waals surface area (Å²) in [5.74, 6) is 1.64. The molecule has 1 aromatic carbocycles. The first-order valence-corrected chi connectivity index (χ1v) is 5.13. The minimum absolute atomic E-state index is 0.327. The molecule has 0 spiro atoms. The van der Waals surface area contributed by atoms with Crippen molar-refractivity contribution in [2.45, 2.75) is 20.4 Å². The van der Waals surface area contributed by atoms with Gasteiger partial charge in [-0.15, -0.1) is 0 Å². The number of rotatable bonds is 3. The van der Waals surface area contributed by atoms with E-state index in [0.29, 0.717) is 6.79 Å². The van der Waals surface area contributed by atoms with Crippen molar-refractivity contribution in [1.29, 1.82) is 0 Å². The third-order valence-electron chi connectivity index (χ3n) is 1.89. The Balaban J connectivity index is 0.000000531. The highest BCUT2D eigenvalue weighted by atomic mass is 16.7. The standard InChI is InChI=1S/C10H11NO2.C2H6/c1-2-11-6-8-3-4-9-10(5-8)13-7-12-9;1-2/h2-5,11H,1,6-7H2;1-2H3. The summed E-state index contributed by atoms with van der Waals surface area (Å²) in [5, 5.41) is 3.02. The second-order valence-electron chi connectivity index (χ2n) is 2.77. The molecule has 3 heteroatoms. The molecule has 1 aliphatic rings. The smallest absolute Gasteiger partial charge is 0.231 e. The summed E-state index contributed by atoms with van der Waals surface area (Å²) in [6.07, 6.45) is 1.67. The van der Waals surface area contributed by atoms with Crippen molar-refractivity contribution in [2.75, 3.05) is 6.79 Å². The fourth-order valence-electron chi connectivity index (χ4n) is 1.24. The van der Waals surface area contributed by atoms with E-state index in [4.69, 9.17) is 9.47 Å². The normalized spacial score (nSPS) is 11.3. The monoisotopic (exact) mass is 207 g/mol. The number of benzene rings is 1. The van der Waals surface area contributed by atoms with Gasteiger partial charge in [-0.3, -0.25) is 0 Å². The summed E-state index contributed by atoms with van der Waals surface area (Å²) < 4.78 is 10.4. The number of hydrogen-bond donors (Lipinski definition) is 1. The van der Waals surface area contributed by atoms with Gasteiger partial charge in [-0.25, -0.2) is 0 Å². The predicted octanol–water partition coefficient (Wildman–Crippen LogP) is 2.67. The van der Waals surface area contributed by atoms with E-state index in [2.05, 4.69) is 11.9 Å². The van der Waals surface area contributed by atoms with Crippen molar-refractivity contribution >= 4 is 0 Å². The summed E-state index contributed by atoms with van der Waals surface area (Å²) in [7, 11) is 0. The van der Waals surface area contributed by atoms with E-state index in [1.54, 1.807) is 6.20 Å². The first-order chi connectivity index (χ1) is 7.40. The van der Waals surface area contributed by atoms with Crippen molar-refractivity contribution < 1.29 is 9.47 Å². The fraction of sp³-hybridized carbons (Fsp3) is 0.333. The summed E-state index contributed by atoms with van der Waals surface area (Å²) in [4.78, 5) is 0. The zero-order valence-electron chi connectivity index (χ0n) is 9.25. The van der Waals surface area contributed by atoms with Crippen molar-refractivity contribution in [2.24, 2.45) is 0 Å². The first-order valence-electron chi connectivity index (χ1n) is 5.13. The summed E-state index contributed by atoms with van der Waals surface area (Å²) in [6.45, 7) is 8.67. The van der Waals surface area contributed by atoms with Gasteiger partial charge in [0.05, 0.1) is 0 Å². The van der Waals surface area contributed by atoms with E-state index < -0.39 is 0 Å². The Hall–Kier alpha value is -1.64. The van der Waals surface area contributed by atoms with Crippen LogP contribution in [0.25, 0.3) is 0 Å². The number of hydrogen-bond acceptors (Lipinski definition) is 3. The van der Waals surface area contributed by atoms with Crippen LogP contribution in [0.1, 0.15) is 19.4 Å². The van der Waals surface area contributed by atoms with Gasteiger partial charge in [0.1, 0.15) is 0 Å². The van der Waals surface area contributed by atoms with Gasteiger partial charge in [0.15, 0.2) is 11.5 Å². The molecule has 0 bridgehead atoms. The molecule has 0 aliphatic carbocycles. The molecule has 0 aromatic heterocycles. The fourth-order valence-corrected chi connectivity index (χ4v) is 1.24. The Morgan fingerprint density at radius 1 is 1.33 bits per heavy atom. The lowest BCUT2D eigenvalue weighted by Gasteiger charge is -2.02. The van der Waals surface area contributed by atoms with E-state index >= 15 is 0 Å². The highest BCUT2D eigenvalue weighted by Gasteiger charge is 2.12. The predicted molar refractivity (Wildman–Crippen MR) is 60.9 cm³/mol. The molecule has 0 unspecified atom stereocenters. The van der Waals surface area contributed by atoms with Crippen LogP contribution in [0, 0.1) is 0 Å². The van der Waals surface area contributed by atoms with Crippen LogP contribution in [0.3, 0.4) is 0 Å². The molecule has 15 heavy (non-hydrogen) atoms. The SMILES string of the molecule is C=CNCc1ccc2c(c1)OCO2.CC. The van der Waals surface area contributed by atoms with Gasteiger partial charge in [-0.1, -0.05) is 26.5 Å². The summed E-state index contributed by atoms with van der Waals surface area (Å²) >= 11 is 0. The lowest BCUT2D eigenvalue weighted by molar-refractivity contribution is 0.174. The van der Waals surface area contributed by atoms with E-state index in [9.17, 15) is 0 Å². The Morgan fingerprint density at radius 3 is 2.80 bits per heavy atom. The molecule has 0 atom stereocenters. The van der Waals surface area contributed by atoms with Gasteiger partial charge in [-0.05, 0) is 23.9 Å². The highest BCUT2D eigenvalue weighted by Crippen LogP contribution is 2.32. The molecular weight excluding hydrogens is 190 g/mol. The molecule has 82 valence electrons. The molecule has 1 aromatic rings. The Kier molecular flexibility index (Phi) is 4.54. The van der Waals surface area contributed by atoms with Crippen LogP contribution in [-0.4, -0.2) is 6.79 Å². The Bertz CT molecular complexity index is 323. The second-order valence-corrected chi connectivity index (χ2v) is 2.77. The van der Waals surface area contributed by atoms with Gasteiger partial charge in [0.25, 0.3) is 0 Å². The number of ether oxygens (including phenoxy) is 2. The largest absolute Gasteiger partial charge is 0.454 e. The molecule has 1 N–H and O–H groups in total. The third kappa shape index (κ3) is 2.91. The molecule has 1 heterocycles.